The Morgan fingerprint density at radius 3 is 2.87 bits per heavy atom. The molecular formula is C12H26N2O. The largest absolute Gasteiger partial charge is 0.385 e. The van der Waals surface area contributed by atoms with Crippen molar-refractivity contribution in [1.82, 2.24) is 4.90 Å². The summed E-state index contributed by atoms with van der Waals surface area (Å²) < 4.78 is 5.06. The van der Waals surface area contributed by atoms with E-state index in [4.69, 9.17) is 10.5 Å². The first-order valence-corrected chi connectivity index (χ1v) is 6.21. The molecule has 0 aromatic rings. The topological polar surface area (TPSA) is 38.5 Å². The predicted octanol–water partition coefficient (Wildman–Crippen LogP) is 1.47. The van der Waals surface area contributed by atoms with Crippen LogP contribution < -0.4 is 5.73 Å². The number of nitrogens with two attached hydrogens (primary N) is 1. The fraction of sp³-hybridized carbons (Fsp3) is 1.00. The van der Waals surface area contributed by atoms with Gasteiger partial charge >= 0.3 is 0 Å². The number of likely N-dealkylation sites (tertiary alicyclic amines) is 1. The number of piperidine rings is 1. The molecule has 0 saturated carbocycles. The maximum atomic E-state index is 5.82. The second-order valence-corrected chi connectivity index (χ2v) is 4.75. The normalized spacial score (nSPS) is 28.2. The minimum absolute atomic E-state index is 0.622. The van der Waals surface area contributed by atoms with Crippen molar-refractivity contribution in [2.24, 2.45) is 11.7 Å². The number of rotatable bonds is 6. The van der Waals surface area contributed by atoms with Crippen LogP contribution in [0.1, 0.15) is 32.6 Å². The zero-order chi connectivity index (χ0) is 11.1. The lowest BCUT2D eigenvalue weighted by molar-refractivity contribution is 0.115. The molecule has 1 heterocycles. The van der Waals surface area contributed by atoms with Crippen molar-refractivity contribution < 1.29 is 4.74 Å². The standard InChI is InChI=1S/C12H26N2O/c1-11-5-7-14(12(9-11)10-13)6-3-4-8-15-2/h11-12H,3-10,13H2,1-2H3. The molecule has 0 aliphatic carbocycles. The maximum Gasteiger partial charge on any atom is 0.0462 e. The van der Waals surface area contributed by atoms with Gasteiger partial charge in [-0.3, -0.25) is 4.90 Å². The van der Waals surface area contributed by atoms with Gasteiger partial charge in [-0.15, -0.1) is 0 Å². The lowest BCUT2D eigenvalue weighted by atomic mass is 9.92. The zero-order valence-corrected chi connectivity index (χ0v) is 10.2. The van der Waals surface area contributed by atoms with Gasteiger partial charge in [-0.2, -0.15) is 0 Å². The first-order valence-electron chi connectivity index (χ1n) is 6.21. The molecule has 0 aromatic heterocycles. The number of methoxy groups -OCH3 is 1. The lowest BCUT2D eigenvalue weighted by Gasteiger charge is -2.38. The van der Waals surface area contributed by atoms with Gasteiger partial charge < -0.3 is 10.5 Å². The third-order valence-corrected chi connectivity index (χ3v) is 3.42. The average Bonchev–Trinajstić information content (AvgIpc) is 2.26. The number of hydrogen-bond donors (Lipinski definition) is 1. The quantitative estimate of drug-likeness (QED) is 0.681. The molecule has 3 heteroatoms. The van der Waals surface area contributed by atoms with E-state index in [1.54, 1.807) is 7.11 Å². The van der Waals surface area contributed by atoms with Crippen LogP contribution in [0.2, 0.25) is 0 Å². The molecule has 2 atom stereocenters. The van der Waals surface area contributed by atoms with Crippen LogP contribution in [-0.2, 0) is 4.74 Å². The Balaban J connectivity index is 2.20. The van der Waals surface area contributed by atoms with E-state index in [0.29, 0.717) is 6.04 Å². The number of nitrogens with zero attached hydrogens (tertiary/aromatic N) is 1. The summed E-state index contributed by atoms with van der Waals surface area (Å²) in [6, 6.07) is 0.622. The highest BCUT2D eigenvalue weighted by Crippen LogP contribution is 2.21. The van der Waals surface area contributed by atoms with Crippen LogP contribution in [0, 0.1) is 5.92 Å². The van der Waals surface area contributed by atoms with Gasteiger partial charge in [0.2, 0.25) is 0 Å². The molecule has 2 unspecified atom stereocenters. The monoisotopic (exact) mass is 214 g/mol. The van der Waals surface area contributed by atoms with Crippen molar-refractivity contribution in [1.29, 1.82) is 0 Å². The number of unbranched alkanes of at least 4 members (excludes halogenated alkanes) is 1. The minimum atomic E-state index is 0.622. The summed E-state index contributed by atoms with van der Waals surface area (Å²) in [6.45, 7) is 6.46. The number of ether oxygens (including phenoxy) is 1. The van der Waals surface area contributed by atoms with Gasteiger partial charge in [-0.05, 0) is 44.7 Å². The molecule has 0 amide bonds. The molecule has 0 spiro atoms. The summed E-state index contributed by atoms with van der Waals surface area (Å²) in [5, 5.41) is 0. The van der Waals surface area contributed by atoms with Crippen molar-refractivity contribution in [2.75, 3.05) is 33.4 Å². The Morgan fingerprint density at radius 1 is 1.40 bits per heavy atom. The van der Waals surface area contributed by atoms with Crippen LogP contribution in [0.15, 0.2) is 0 Å². The summed E-state index contributed by atoms with van der Waals surface area (Å²) in [7, 11) is 1.77. The third-order valence-electron chi connectivity index (χ3n) is 3.42. The Labute approximate surface area is 94.0 Å². The summed E-state index contributed by atoms with van der Waals surface area (Å²) in [5.41, 5.74) is 5.82. The van der Waals surface area contributed by atoms with E-state index in [-0.39, 0.29) is 0 Å². The lowest BCUT2D eigenvalue weighted by Crippen LogP contribution is -2.46. The van der Waals surface area contributed by atoms with Gasteiger partial charge in [0, 0.05) is 26.3 Å². The first-order chi connectivity index (χ1) is 7.27. The highest BCUT2D eigenvalue weighted by atomic mass is 16.5. The Morgan fingerprint density at radius 2 is 2.20 bits per heavy atom. The molecule has 90 valence electrons. The van der Waals surface area contributed by atoms with E-state index in [1.165, 1.54) is 38.8 Å². The fourth-order valence-electron chi connectivity index (χ4n) is 2.40. The second kappa shape index (κ2) is 7.20. The SMILES string of the molecule is COCCCCN1CCC(C)CC1CN. The molecule has 1 aliphatic heterocycles. The van der Waals surface area contributed by atoms with Crippen LogP contribution in [0.4, 0.5) is 0 Å². The van der Waals surface area contributed by atoms with Crippen molar-refractivity contribution in [3.63, 3.8) is 0 Å². The van der Waals surface area contributed by atoms with E-state index in [2.05, 4.69) is 11.8 Å². The molecule has 2 N–H and O–H groups in total. The second-order valence-electron chi connectivity index (χ2n) is 4.75. The van der Waals surface area contributed by atoms with E-state index >= 15 is 0 Å². The van der Waals surface area contributed by atoms with Gasteiger partial charge in [0.25, 0.3) is 0 Å². The fourth-order valence-corrected chi connectivity index (χ4v) is 2.40. The smallest absolute Gasteiger partial charge is 0.0462 e. The van der Waals surface area contributed by atoms with Crippen molar-refractivity contribution in [3.8, 4) is 0 Å². The van der Waals surface area contributed by atoms with Gasteiger partial charge in [0.15, 0.2) is 0 Å². The molecular weight excluding hydrogens is 188 g/mol. The van der Waals surface area contributed by atoms with Crippen LogP contribution in [0.5, 0.6) is 0 Å². The molecule has 0 aromatic carbocycles. The average molecular weight is 214 g/mol. The van der Waals surface area contributed by atoms with E-state index in [1.807, 2.05) is 0 Å². The van der Waals surface area contributed by atoms with E-state index in [0.717, 1.165) is 19.1 Å². The maximum absolute atomic E-state index is 5.82. The molecule has 0 radical (unpaired) electrons. The van der Waals surface area contributed by atoms with Crippen molar-refractivity contribution in [2.45, 2.75) is 38.6 Å². The minimum Gasteiger partial charge on any atom is -0.385 e. The van der Waals surface area contributed by atoms with Gasteiger partial charge in [0.1, 0.15) is 0 Å². The Bertz CT molecular complexity index is 164. The van der Waals surface area contributed by atoms with Gasteiger partial charge in [-0.1, -0.05) is 6.92 Å². The van der Waals surface area contributed by atoms with Crippen LogP contribution in [0.25, 0.3) is 0 Å². The molecule has 1 fully saturated rings. The highest BCUT2D eigenvalue weighted by Gasteiger charge is 2.24. The van der Waals surface area contributed by atoms with Gasteiger partial charge in [-0.25, -0.2) is 0 Å². The summed E-state index contributed by atoms with van der Waals surface area (Å²) in [5.74, 6) is 0.855. The van der Waals surface area contributed by atoms with Crippen LogP contribution >= 0.6 is 0 Å². The summed E-state index contributed by atoms with van der Waals surface area (Å²) in [6.07, 6.45) is 5.01. The third kappa shape index (κ3) is 4.49. The van der Waals surface area contributed by atoms with Crippen LogP contribution in [-0.4, -0.2) is 44.3 Å². The molecule has 3 nitrogen and oxygen atoms in total. The summed E-state index contributed by atoms with van der Waals surface area (Å²) in [4.78, 5) is 2.57. The van der Waals surface area contributed by atoms with E-state index in [9.17, 15) is 0 Å². The number of hydrogen-bond acceptors (Lipinski definition) is 3. The van der Waals surface area contributed by atoms with Crippen LogP contribution in [0.3, 0.4) is 0 Å². The van der Waals surface area contributed by atoms with E-state index < -0.39 is 0 Å². The van der Waals surface area contributed by atoms with Gasteiger partial charge in [0.05, 0.1) is 0 Å². The zero-order valence-electron chi connectivity index (χ0n) is 10.2. The first kappa shape index (κ1) is 12.9. The Hall–Kier alpha value is -0.120. The Kier molecular flexibility index (Phi) is 6.22. The molecule has 1 aliphatic rings. The highest BCUT2D eigenvalue weighted by molar-refractivity contribution is 4.80. The predicted molar refractivity (Wildman–Crippen MR) is 63.9 cm³/mol. The molecule has 0 bridgehead atoms. The van der Waals surface area contributed by atoms with Crippen molar-refractivity contribution in [3.05, 3.63) is 0 Å². The molecule has 1 rings (SSSR count). The van der Waals surface area contributed by atoms with Crippen molar-refractivity contribution >= 4 is 0 Å². The summed E-state index contributed by atoms with van der Waals surface area (Å²) >= 11 is 0. The molecule has 1 saturated heterocycles. The molecule has 15 heavy (non-hydrogen) atoms.